The van der Waals surface area contributed by atoms with Crippen LogP contribution in [0.1, 0.15) is 13.3 Å². The summed E-state index contributed by atoms with van der Waals surface area (Å²) in [5, 5.41) is 13.4. The molecule has 0 saturated heterocycles. The Bertz CT molecular complexity index is 527. The number of nitrogens with one attached hydrogen (secondary N) is 2. The lowest BCUT2D eigenvalue weighted by Crippen LogP contribution is -2.17. The number of hydrogen-bond donors (Lipinski definition) is 3. The molecule has 4 N–H and O–H groups in total. The van der Waals surface area contributed by atoms with E-state index in [2.05, 4.69) is 20.4 Å². The number of nitrogens with two attached hydrogens (primary N) is 1. The largest absolute Gasteiger partial charge is 0.383 e. The number of nitrogen functional groups attached to an aromatic ring is 1. The summed E-state index contributed by atoms with van der Waals surface area (Å²) in [6.45, 7) is 2.63. The summed E-state index contributed by atoms with van der Waals surface area (Å²) < 4.78 is 1.58. The zero-order valence-corrected chi connectivity index (χ0v) is 9.54. The lowest BCUT2D eigenvalue weighted by atomic mass is 10.5. The Kier molecular flexibility index (Phi) is 3.00. The molecule has 0 amide bonds. The number of H-pyrrole nitrogens is 2. The van der Waals surface area contributed by atoms with E-state index in [0.29, 0.717) is 17.5 Å². The molecule has 86 valence electrons. The van der Waals surface area contributed by atoms with Gasteiger partial charge in [-0.2, -0.15) is 5.10 Å². The van der Waals surface area contributed by atoms with Crippen molar-refractivity contribution in [1.29, 1.82) is 0 Å². The molecule has 2 rings (SSSR count). The van der Waals surface area contributed by atoms with E-state index in [-0.39, 0.29) is 5.69 Å². The number of anilines is 1. The fourth-order valence-corrected chi connectivity index (χ4v) is 2.10. The van der Waals surface area contributed by atoms with Crippen molar-refractivity contribution in [3.63, 3.8) is 0 Å². The van der Waals surface area contributed by atoms with E-state index >= 15 is 0 Å². The van der Waals surface area contributed by atoms with Gasteiger partial charge in [0.15, 0.2) is 5.16 Å². The summed E-state index contributed by atoms with van der Waals surface area (Å²) >= 11 is 1.31. The first-order valence-electron chi connectivity index (χ1n) is 4.84. The lowest BCUT2D eigenvalue weighted by molar-refractivity contribution is 0.604. The third-order valence-corrected chi connectivity index (χ3v) is 3.04. The maximum absolute atomic E-state index is 11.4. The Morgan fingerprint density at radius 2 is 2.38 bits per heavy atom. The molecule has 0 bridgehead atoms. The number of hydrogen-bond acceptors (Lipinski definition) is 5. The average Bonchev–Trinajstić information content (AvgIpc) is 2.80. The van der Waals surface area contributed by atoms with Gasteiger partial charge < -0.3 is 5.73 Å². The van der Waals surface area contributed by atoms with Crippen LogP contribution in [0.5, 0.6) is 0 Å². The first-order chi connectivity index (χ1) is 7.72. The van der Waals surface area contributed by atoms with E-state index in [9.17, 15) is 4.79 Å². The molecule has 0 aliphatic heterocycles. The Morgan fingerprint density at radius 3 is 3.00 bits per heavy atom. The monoisotopic (exact) mass is 240 g/mol. The molecular formula is C8H12N6OS. The van der Waals surface area contributed by atoms with Crippen LogP contribution in [0.15, 0.2) is 21.0 Å². The molecule has 0 spiro atoms. The highest BCUT2D eigenvalue weighted by Crippen LogP contribution is 2.28. The molecule has 0 radical (unpaired) electrons. The van der Waals surface area contributed by atoms with E-state index in [1.54, 1.807) is 10.8 Å². The van der Waals surface area contributed by atoms with E-state index in [1.807, 2.05) is 6.92 Å². The van der Waals surface area contributed by atoms with Crippen LogP contribution in [0.2, 0.25) is 0 Å². The standard InChI is InChI=1S/C8H12N6OS/c1-2-3-14-7(15)12-13-8(14)16-5-4-10-11-6(5)9/h4H,2-3H2,1H3,(H,12,15)(H3,9,10,11). The van der Waals surface area contributed by atoms with Gasteiger partial charge in [-0.3, -0.25) is 9.67 Å². The van der Waals surface area contributed by atoms with E-state index in [4.69, 9.17) is 5.73 Å². The summed E-state index contributed by atoms with van der Waals surface area (Å²) in [7, 11) is 0. The van der Waals surface area contributed by atoms with Crippen LogP contribution in [-0.2, 0) is 6.54 Å². The highest BCUT2D eigenvalue weighted by molar-refractivity contribution is 7.99. The highest BCUT2D eigenvalue weighted by atomic mass is 32.2. The van der Waals surface area contributed by atoms with Gasteiger partial charge in [-0.15, -0.1) is 5.10 Å². The number of rotatable bonds is 4. The average molecular weight is 240 g/mol. The van der Waals surface area contributed by atoms with Crippen LogP contribution in [0.4, 0.5) is 5.82 Å². The molecule has 7 nitrogen and oxygen atoms in total. The fraction of sp³-hybridized carbons (Fsp3) is 0.375. The van der Waals surface area contributed by atoms with Gasteiger partial charge in [-0.1, -0.05) is 6.92 Å². The SMILES string of the molecule is CCCn1c(Sc2cn[nH]c2N)n[nH]c1=O. The molecule has 0 saturated carbocycles. The van der Waals surface area contributed by atoms with Crippen molar-refractivity contribution >= 4 is 17.6 Å². The van der Waals surface area contributed by atoms with Crippen LogP contribution in [0.3, 0.4) is 0 Å². The second kappa shape index (κ2) is 4.44. The molecule has 0 aromatic carbocycles. The summed E-state index contributed by atoms with van der Waals surface area (Å²) in [5.41, 5.74) is 5.45. The van der Waals surface area contributed by atoms with Gasteiger partial charge in [-0.05, 0) is 18.2 Å². The molecule has 16 heavy (non-hydrogen) atoms. The van der Waals surface area contributed by atoms with Crippen molar-refractivity contribution in [3.05, 3.63) is 16.7 Å². The van der Waals surface area contributed by atoms with Crippen molar-refractivity contribution in [3.8, 4) is 0 Å². The molecule has 2 aromatic heterocycles. The zero-order chi connectivity index (χ0) is 11.5. The minimum atomic E-state index is -0.202. The maximum Gasteiger partial charge on any atom is 0.343 e. The van der Waals surface area contributed by atoms with Crippen LogP contribution in [0, 0.1) is 0 Å². The highest BCUT2D eigenvalue weighted by Gasteiger charge is 2.11. The Labute approximate surface area is 95.4 Å². The molecular weight excluding hydrogens is 228 g/mol. The van der Waals surface area contributed by atoms with E-state index < -0.39 is 0 Å². The minimum Gasteiger partial charge on any atom is -0.383 e. The second-order valence-electron chi connectivity index (χ2n) is 3.21. The molecule has 0 atom stereocenters. The van der Waals surface area contributed by atoms with Crippen LogP contribution >= 0.6 is 11.8 Å². The molecule has 8 heteroatoms. The van der Waals surface area contributed by atoms with Gasteiger partial charge in [0, 0.05) is 6.54 Å². The maximum atomic E-state index is 11.4. The van der Waals surface area contributed by atoms with Gasteiger partial charge in [0.25, 0.3) is 0 Å². The zero-order valence-electron chi connectivity index (χ0n) is 8.73. The summed E-state index contributed by atoms with van der Waals surface area (Å²) in [4.78, 5) is 12.2. The minimum absolute atomic E-state index is 0.202. The third-order valence-electron chi connectivity index (χ3n) is 2.00. The number of aromatic nitrogens is 5. The van der Waals surface area contributed by atoms with Gasteiger partial charge in [0.05, 0.1) is 11.1 Å². The normalized spacial score (nSPS) is 10.8. The second-order valence-corrected chi connectivity index (χ2v) is 4.22. The van der Waals surface area contributed by atoms with Gasteiger partial charge >= 0.3 is 5.69 Å². The molecule has 0 aliphatic carbocycles. The third kappa shape index (κ3) is 1.96. The van der Waals surface area contributed by atoms with E-state index in [1.165, 1.54) is 11.8 Å². The predicted molar refractivity (Wildman–Crippen MR) is 60.3 cm³/mol. The van der Waals surface area contributed by atoms with Crippen molar-refractivity contribution in [2.24, 2.45) is 0 Å². The predicted octanol–water partition coefficient (Wildman–Crippen LogP) is 0.438. The Morgan fingerprint density at radius 1 is 1.56 bits per heavy atom. The van der Waals surface area contributed by atoms with Crippen LogP contribution in [0.25, 0.3) is 0 Å². The summed E-state index contributed by atoms with van der Waals surface area (Å²) in [6.07, 6.45) is 2.48. The Hall–Kier alpha value is -1.70. The van der Waals surface area contributed by atoms with Crippen LogP contribution in [-0.4, -0.2) is 25.0 Å². The summed E-state index contributed by atoms with van der Waals surface area (Å²) in [5.74, 6) is 0.475. The first kappa shape index (κ1) is 10.8. The Balaban J connectivity index is 2.28. The van der Waals surface area contributed by atoms with Gasteiger partial charge in [0.1, 0.15) is 5.82 Å². The van der Waals surface area contributed by atoms with Gasteiger partial charge in [0.2, 0.25) is 0 Å². The lowest BCUT2D eigenvalue weighted by Gasteiger charge is -2.01. The quantitative estimate of drug-likeness (QED) is 0.719. The molecule has 0 unspecified atom stereocenters. The van der Waals surface area contributed by atoms with Crippen molar-refractivity contribution in [1.82, 2.24) is 25.0 Å². The van der Waals surface area contributed by atoms with Crippen molar-refractivity contribution in [2.75, 3.05) is 5.73 Å². The van der Waals surface area contributed by atoms with Gasteiger partial charge in [-0.25, -0.2) is 9.89 Å². The van der Waals surface area contributed by atoms with E-state index in [0.717, 1.165) is 11.3 Å². The molecule has 0 fully saturated rings. The summed E-state index contributed by atoms with van der Waals surface area (Å²) in [6, 6.07) is 0. The van der Waals surface area contributed by atoms with Crippen molar-refractivity contribution in [2.45, 2.75) is 29.9 Å². The first-order valence-corrected chi connectivity index (χ1v) is 5.66. The number of aromatic amines is 2. The molecule has 2 aromatic rings. The smallest absolute Gasteiger partial charge is 0.343 e. The number of nitrogens with zero attached hydrogens (tertiary/aromatic N) is 3. The van der Waals surface area contributed by atoms with Crippen LogP contribution < -0.4 is 11.4 Å². The molecule has 0 aliphatic rings. The van der Waals surface area contributed by atoms with Crippen molar-refractivity contribution < 1.29 is 0 Å². The fourth-order valence-electron chi connectivity index (χ4n) is 1.27. The topological polar surface area (TPSA) is 105 Å². The molecule has 2 heterocycles.